The molecule has 5 rings (SSSR count). The number of hydrogen-bond donors (Lipinski definition) is 2. The third-order valence-electron chi connectivity index (χ3n) is 6.62. The fourth-order valence-electron chi connectivity index (χ4n) is 4.86. The van der Waals surface area contributed by atoms with Crippen LogP contribution < -0.4 is 10.6 Å². The predicted octanol–water partition coefficient (Wildman–Crippen LogP) is 1.94. The molecule has 172 valence electrons. The first-order chi connectivity index (χ1) is 16.2. The molecule has 1 amide bonds. The van der Waals surface area contributed by atoms with Gasteiger partial charge in [-0.3, -0.25) is 9.36 Å². The summed E-state index contributed by atoms with van der Waals surface area (Å²) in [5.74, 6) is 1.89. The highest BCUT2D eigenvalue weighted by Gasteiger charge is 2.27. The number of nitrogens with zero attached hydrogens (tertiary/aromatic N) is 5. The second kappa shape index (κ2) is 8.88. The van der Waals surface area contributed by atoms with Crippen molar-refractivity contribution >= 4 is 42.3 Å². The van der Waals surface area contributed by atoms with Crippen LogP contribution >= 0.6 is 9.24 Å². The van der Waals surface area contributed by atoms with Crippen LogP contribution in [-0.2, 0) is 11.4 Å². The highest BCUT2D eigenvalue weighted by molar-refractivity contribution is 7.25. The summed E-state index contributed by atoms with van der Waals surface area (Å²) in [5.41, 5.74) is 3.61. The molecule has 8 nitrogen and oxygen atoms in total. The molecule has 2 N–H and O–H groups in total. The highest BCUT2D eigenvalue weighted by atomic mass is 31.0. The van der Waals surface area contributed by atoms with Gasteiger partial charge in [-0.1, -0.05) is 0 Å². The molecule has 1 fully saturated rings. The van der Waals surface area contributed by atoms with Gasteiger partial charge in [0.05, 0.1) is 27.6 Å². The van der Waals surface area contributed by atoms with E-state index in [1.165, 1.54) is 0 Å². The van der Waals surface area contributed by atoms with Crippen molar-refractivity contribution < 1.29 is 4.79 Å². The fourth-order valence-corrected chi connectivity index (χ4v) is 5.00. The van der Waals surface area contributed by atoms with E-state index in [0.29, 0.717) is 22.9 Å². The Hall–Kier alpha value is -2.60. The number of aromatic nitrogens is 5. The zero-order valence-corrected chi connectivity index (χ0v) is 20.7. The lowest BCUT2D eigenvalue weighted by Crippen LogP contribution is -2.42. The van der Waals surface area contributed by atoms with Crippen molar-refractivity contribution in [1.82, 2.24) is 34.8 Å². The molecule has 4 radical (unpaired) electrons. The van der Waals surface area contributed by atoms with Crippen LogP contribution in [0.3, 0.4) is 0 Å². The van der Waals surface area contributed by atoms with Gasteiger partial charge in [-0.25, -0.2) is 14.5 Å². The van der Waals surface area contributed by atoms with E-state index in [2.05, 4.69) is 45.6 Å². The lowest BCUT2D eigenvalue weighted by molar-refractivity contribution is 0.0926. The van der Waals surface area contributed by atoms with Crippen molar-refractivity contribution in [2.45, 2.75) is 69.4 Å². The van der Waals surface area contributed by atoms with Gasteiger partial charge in [0.2, 0.25) is 0 Å². The van der Waals surface area contributed by atoms with Crippen LogP contribution in [-0.4, -0.2) is 57.8 Å². The van der Waals surface area contributed by atoms with Crippen LogP contribution in [0.4, 0.5) is 0 Å². The quantitative estimate of drug-likeness (QED) is 0.439. The van der Waals surface area contributed by atoms with Gasteiger partial charge in [-0.15, -0.1) is 9.24 Å². The first-order valence-corrected chi connectivity index (χ1v) is 12.3. The average molecular weight is 471 g/mol. The number of allylic oxidation sites excluding steroid dienone is 1. The minimum absolute atomic E-state index is 0.112. The molecule has 0 saturated heterocycles. The van der Waals surface area contributed by atoms with Crippen molar-refractivity contribution in [3.8, 4) is 0 Å². The summed E-state index contributed by atoms with van der Waals surface area (Å²) in [4.78, 5) is 21.1. The number of carbonyl (C=O) groups is 1. The zero-order chi connectivity index (χ0) is 24.0. The molecular formula is C23H28B2N7OP. The Morgan fingerprint density at radius 3 is 2.65 bits per heavy atom. The number of hydrogen-bond acceptors (Lipinski definition) is 5. The third kappa shape index (κ3) is 4.52. The van der Waals surface area contributed by atoms with Crippen LogP contribution in [0.1, 0.15) is 65.4 Å². The second-order valence-electron chi connectivity index (χ2n) is 9.47. The van der Waals surface area contributed by atoms with Gasteiger partial charge in [0.15, 0.2) is 5.65 Å². The van der Waals surface area contributed by atoms with Gasteiger partial charge < -0.3 is 10.6 Å². The molecule has 1 atom stereocenters. The number of imidazole rings is 1. The summed E-state index contributed by atoms with van der Waals surface area (Å²) in [5, 5.41) is 11.2. The maximum absolute atomic E-state index is 13.0. The third-order valence-corrected chi connectivity index (χ3v) is 6.92. The molecular weight excluding hydrogens is 443 g/mol. The van der Waals surface area contributed by atoms with Crippen LogP contribution in [0.15, 0.2) is 24.5 Å². The van der Waals surface area contributed by atoms with Gasteiger partial charge >= 0.3 is 0 Å². The van der Waals surface area contributed by atoms with E-state index in [4.69, 9.17) is 15.7 Å². The molecule has 3 aromatic heterocycles. The largest absolute Gasteiger partial charge is 0.369 e. The van der Waals surface area contributed by atoms with E-state index < -0.39 is 4.95 Å². The van der Waals surface area contributed by atoms with Gasteiger partial charge in [0.25, 0.3) is 5.91 Å². The Bertz CT molecular complexity index is 1270. The van der Waals surface area contributed by atoms with Crippen molar-refractivity contribution in [1.29, 1.82) is 0 Å². The van der Waals surface area contributed by atoms with Gasteiger partial charge in [-0.2, -0.15) is 5.10 Å². The van der Waals surface area contributed by atoms with Gasteiger partial charge in [0.1, 0.15) is 17.2 Å². The molecule has 1 aliphatic heterocycles. The minimum atomic E-state index is -1.04. The van der Waals surface area contributed by atoms with E-state index >= 15 is 0 Å². The number of aryl methyl sites for hydroxylation is 3. The topological polar surface area (TPSA) is 89.1 Å². The maximum Gasteiger partial charge on any atom is 0.256 e. The van der Waals surface area contributed by atoms with Crippen molar-refractivity contribution in [2.24, 2.45) is 0 Å². The summed E-state index contributed by atoms with van der Waals surface area (Å²) < 4.78 is 3.78. The average Bonchev–Trinajstić information content (AvgIpc) is 3.40. The number of fused-ring (bicyclic) bond motifs is 2. The number of amides is 1. The molecule has 11 heteroatoms. The lowest BCUT2D eigenvalue weighted by atomic mass is 9.67. The smallest absolute Gasteiger partial charge is 0.256 e. The fraction of sp³-hybridized carbons (Fsp3) is 0.478. The maximum atomic E-state index is 13.0. The van der Waals surface area contributed by atoms with Crippen LogP contribution in [0.5, 0.6) is 0 Å². The summed E-state index contributed by atoms with van der Waals surface area (Å²) in [6, 6.07) is 2.42. The van der Waals surface area contributed by atoms with Crippen molar-refractivity contribution in [2.75, 3.05) is 0 Å². The summed E-state index contributed by atoms with van der Waals surface area (Å²) in [6.07, 6.45) is 11.3. The Balaban J connectivity index is 1.20. The molecule has 3 aromatic rings. The first kappa shape index (κ1) is 23.2. The Labute approximate surface area is 204 Å². The number of carbonyl (C=O) groups excluding carboxylic acids is 1. The van der Waals surface area contributed by atoms with Crippen LogP contribution in [0.2, 0.25) is 0 Å². The van der Waals surface area contributed by atoms with E-state index in [1.807, 2.05) is 26.1 Å². The first-order valence-electron chi connectivity index (χ1n) is 11.7. The van der Waals surface area contributed by atoms with Crippen LogP contribution in [0.25, 0.3) is 11.5 Å². The minimum Gasteiger partial charge on any atom is -0.369 e. The molecule has 2 aliphatic rings. The van der Waals surface area contributed by atoms with E-state index in [1.54, 1.807) is 10.7 Å². The molecule has 0 spiro atoms. The monoisotopic (exact) mass is 471 g/mol. The van der Waals surface area contributed by atoms with Crippen molar-refractivity contribution in [3.05, 3.63) is 53.0 Å². The summed E-state index contributed by atoms with van der Waals surface area (Å²) in [6.45, 7) is 3.89. The molecule has 34 heavy (non-hydrogen) atoms. The molecule has 1 unspecified atom stereocenters. The highest BCUT2D eigenvalue weighted by Crippen LogP contribution is 2.28. The standard InChI is InChI=1S/C23H28B2N7OP/c1-13-10-14(2)32-21(27-13)17(11-26-32)22(33)29-16-8-6-15(7-9-16)28-19-4-3-5-20-30-18(12-31(19)20)23(24,25)34/h4,10-12,15-16,28H,3,5-9,34H2,1-2H3,(H,29,33). The molecule has 1 aliphatic carbocycles. The molecule has 4 heterocycles. The number of rotatable bonds is 5. The second-order valence-corrected chi connectivity index (χ2v) is 10.4. The van der Waals surface area contributed by atoms with E-state index in [9.17, 15) is 4.79 Å². The lowest BCUT2D eigenvalue weighted by Gasteiger charge is -2.32. The van der Waals surface area contributed by atoms with Crippen LogP contribution in [0, 0.1) is 13.8 Å². The zero-order valence-electron chi connectivity index (χ0n) is 19.6. The normalized spacial score (nSPS) is 20.6. The SMILES string of the molecule is [B]C([B])(P)c1cn2c(n1)CCC=C2NC1CCC(NC(=O)c2cnn3c(C)cc(C)nc23)CC1. The predicted molar refractivity (Wildman–Crippen MR) is 137 cm³/mol. The number of nitrogens with one attached hydrogen (secondary N) is 2. The molecule has 0 bridgehead atoms. The van der Waals surface area contributed by atoms with E-state index in [-0.39, 0.29) is 11.9 Å². The summed E-state index contributed by atoms with van der Waals surface area (Å²) in [7, 11) is 14.5. The Morgan fingerprint density at radius 2 is 1.91 bits per heavy atom. The van der Waals surface area contributed by atoms with Gasteiger partial charge in [0, 0.05) is 36.1 Å². The Kier molecular flexibility index (Phi) is 6.05. The van der Waals surface area contributed by atoms with E-state index in [0.717, 1.165) is 61.6 Å². The Morgan fingerprint density at radius 1 is 1.18 bits per heavy atom. The summed E-state index contributed by atoms with van der Waals surface area (Å²) >= 11 is 0. The van der Waals surface area contributed by atoms with Crippen molar-refractivity contribution in [3.63, 3.8) is 0 Å². The molecule has 1 saturated carbocycles. The molecule has 0 aromatic carbocycles. The van der Waals surface area contributed by atoms with Gasteiger partial charge in [-0.05, 0) is 63.0 Å².